The number of nitrogens with zero attached hydrogens (tertiary/aromatic N) is 1. The Bertz CT molecular complexity index is 1240. The maximum absolute atomic E-state index is 12.5. The number of amides is 1. The monoisotopic (exact) mass is 447 g/mol. The van der Waals surface area contributed by atoms with Crippen molar-refractivity contribution < 1.29 is 17.8 Å². The van der Waals surface area contributed by atoms with Gasteiger partial charge in [-0.05, 0) is 61.4 Å². The van der Waals surface area contributed by atoms with E-state index in [0.717, 1.165) is 31.2 Å². The molecular formula is C21H22ClN3O4S. The normalized spacial score (nSPS) is 25.6. The molecule has 2 fully saturated rings. The highest BCUT2D eigenvalue weighted by Crippen LogP contribution is 2.44. The number of carbonyl (C=O) groups is 1. The Labute approximate surface area is 179 Å². The smallest absolute Gasteiger partial charge is 0.287 e. The Morgan fingerprint density at radius 3 is 2.80 bits per heavy atom. The van der Waals surface area contributed by atoms with Crippen LogP contribution in [0.1, 0.15) is 49.1 Å². The van der Waals surface area contributed by atoms with Crippen molar-refractivity contribution in [2.45, 2.75) is 55.4 Å². The Balaban J connectivity index is 1.19. The number of oxazole rings is 1. The van der Waals surface area contributed by atoms with Crippen LogP contribution in [0.25, 0.3) is 11.1 Å². The van der Waals surface area contributed by atoms with E-state index in [2.05, 4.69) is 17.2 Å². The Morgan fingerprint density at radius 1 is 1.30 bits per heavy atom. The molecule has 0 saturated heterocycles. The molecule has 2 saturated carbocycles. The summed E-state index contributed by atoms with van der Waals surface area (Å²) in [5.74, 6) is 0.436. The van der Waals surface area contributed by atoms with Crippen LogP contribution in [-0.2, 0) is 16.1 Å². The third-order valence-corrected chi connectivity index (χ3v) is 8.35. The van der Waals surface area contributed by atoms with Crippen molar-refractivity contribution in [2.24, 2.45) is 5.41 Å². The lowest BCUT2D eigenvalue weighted by Crippen LogP contribution is -2.50. The Kier molecular flexibility index (Phi) is 4.48. The number of halogens is 1. The summed E-state index contributed by atoms with van der Waals surface area (Å²) in [5, 5.41) is 3.54. The molecule has 0 spiro atoms. The number of hydrogen-bond acceptors (Lipinski definition) is 6. The summed E-state index contributed by atoms with van der Waals surface area (Å²) < 4.78 is 31.7. The zero-order valence-electron chi connectivity index (χ0n) is 16.4. The summed E-state index contributed by atoms with van der Waals surface area (Å²) in [6.07, 6.45) is 3.82. The molecule has 1 atom stereocenters. The van der Waals surface area contributed by atoms with Gasteiger partial charge in [-0.25, -0.2) is 14.0 Å². The molecule has 3 aromatic rings. The lowest BCUT2D eigenvalue weighted by Gasteiger charge is -2.44. The number of carbonyl (C=O) groups excluding carboxylic acids is 1. The van der Waals surface area contributed by atoms with Crippen LogP contribution in [0.3, 0.4) is 0 Å². The van der Waals surface area contributed by atoms with E-state index in [0.29, 0.717) is 22.9 Å². The summed E-state index contributed by atoms with van der Waals surface area (Å²) in [6, 6.07) is 8.40. The van der Waals surface area contributed by atoms with Gasteiger partial charge in [0.2, 0.25) is 0 Å². The minimum Gasteiger partial charge on any atom is -0.441 e. The second kappa shape index (κ2) is 6.85. The van der Waals surface area contributed by atoms with Gasteiger partial charge in [-0.2, -0.15) is 0 Å². The Hall–Kier alpha value is -2.32. The topological polar surface area (TPSA) is 109 Å². The molecule has 2 heterocycles. The molecule has 7 nitrogen and oxygen atoms in total. The van der Waals surface area contributed by atoms with Crippen LogP contribution in [-0.4, -0.2) is 26.4 Å². The van der Waals surface area contributed by atoms with Crippen LogP contribution < -0.4 is 5.32 Å². The first-order chi connectivity index (χ1) is 14.2. The van der Waals surface area contributed by atoms with Crippen molar-refractivity contribution in [3.8, 4) is 0 Å². The SMILES string of the molecule is CC1(Cc2nc3cc(Cl)ccc3o2)CC(NC(=O)c2ccc(S(=N)(=O)C3CC3)o2)C1. The van der Waals surface area contributed by atoms with E-state index in [9.17, 15) is 9.00 Å². The summed E-state index contributed by atoms with van der Waals surface area (Å²) in [6.45, 7) is 2.15. The fourth-order valence-corrected chi connectivity index (χ4v) is 5.97. The molecule has 5 rings (SSSR count). The fourth-order valence-electron chi connectivity index (χ4n) is 4.19. The molecule has 0 bridgehead atoms. The molecular weight excluding hydrogens is 426 g/mol. The van der Waals surface area contributed by atoms with Crippen LogP contribution in [0, 0.1) is 10.2 Å². The highest BCUT2D eigenvalue weighted by molar-refractivity contribution is 7.93. The molecule has 1 amide bonds. The molecule has 0 radical (unpaired) electrons. The van der Waals surface area contributed by atoms with Crippen molar-refractivity contribution >= 4 is 38.3 Å². The second-order valence-electron chi connectivity index (χ2n) is 8.70. The quantitative estimate of drug-likeness (QED) is 0.564. The van der Waals surface area contributed by atoms with Crippen molar-refractivity contribution in [1.29, 1.82) is 4.78 Å². The molecule has 0 aliphatic heterocycles. The molecule has 30 heavy (non-hydrogen) atoms. The van der Waals surface area contributed by atoms with Crippen molar-refractivity contribution in [3.63, 3.8) is 0 Å². The number of aromatic nitrogens is 1. The van der Waals surface area contributed by atoms with Crippen molar-refractivity contribution in [3.05, 3.63) is 47.0 Å². The van der Waals surface area contributed by atoms with Crippen LogP contribution in [0.5, 0.6) is 0 Å². The van der Waals surface area contributed by atoms with E-state index in [1.165, 1.54) is 12.1 Å². The minimum atomic E-state index is -2.94. The van der Waals surface area contributed by atoms with Gasteiger partial charge in [0.05, 0.1) is 5.25 Å². The molecule has 2 aliphatic carbocycles. The molecule has 1 unspecified atom stereocenters. The van der Waals surface area contributed by atoms with Gasteiger partial charge >= 0.3 is 0 Å². The van der Waals surface area contributed by atoms with Gasteiger partial charge in [0.1, 0.15) is 15.2 Å². The molecule has 9 heteroatoms. The highest BCUT2D eigenvalue weighted by Gasteiger charge is 2.42. The lowest BCUT2D eigenvalue weighted by atomic mass is 9.65. The maximum Gasteiger partial charge on any atom is 0.287 e. The largest absolute Gasteiger partial charge is 0.441 e. The van der Waals surface area contributed by atoms with Crippen molar-refractivity contribution in [1.82, 2.24) is 10.3 Å². The van der Waals surface area contributed by atoms with E-state index in [4.69, 9.17) is 25.2 Å². The number of benzene rings is 1. The first-order valence-corrected chi connectivity index (χ1v) is 12.0. The van der Waals surface area contributed by atoms with E-state index < -0.39 is 9.73 Å². The van der Waals surface area contributed by atoms with E-state index >= 15 is 0 Å². The number of nitrogens with one attached hydrogen (secondary N) is 2. The summed E-state index contributed by atoms with van der Waals surface area (Å²) in [4.78, 5) is 17.0. The first-order valence-electron chi connectivity index (χ1n) is 9.95. The lowest BCUT2D eigenvalue weighted by molar-refractivity contribution is 0.0698. The van der Waals surface area contributed by atoms with Gasteiger partial charge in [-0.1, -0.05) is 18.5 Å². The maximum atomic E-state index is 12.5. The van der Waals surface area contributed by atoms with Gasteiger partial charge in [0.25, 0.3) is 5.91 Å². The minimum absolute atomic E-state index is 0.0155. The van der Waals surface area contributed by atoms with Gasteiger partial charge < -0.3 is 14.2 Å². The van der Waals surface area contributed by atoms with Crippen LogP contribution in [0.15, 0.2) is 44.3 Å². The predicted molar refractivity (Wildman–Crippen MR) is 112 cm³/mol. The van der Waals surface area contributed by atoms with E-state index in [1.807, 2.05) is 6.07 Å². The molecule has 158 valence electrons. The second-order valence-corrected chi connectivity index (χ2v) is 11.4. The number of hydrogen-bond donors (Lipinski definition) is 2. The van der Waals surface area contributed by atoms with Gasteiger partial charge in [0.15, 0.2) is 22.3 Å². The third-order valence-electron chi connectivity index (χ3n) is 5.88. The molecule has 1 aromatic carbocycles. The standard InChI is InChI=1S/C21H22ClN3O4S/c1-21(11-18-25-15-8-12(22)2-5-16(15)28-18)9-13(10-21)24-20(26)17-6-7-19(29-17)30(23,27)14-3-4-14/h2,5-8,13-14,23H,3-4,9-11H2,1H3,(H,24,26). The summed E-state index contributed by atoms with van der Waals surface area (Å²) >= 11 is 6.01. The number of rotatable bonds is 6. The van der Waals surface area contributed by atoms with Crippen LogP contribution >= 0.6 is 11.6 Å². The fraction of sp³-hybridized carbons (Fsp3) is 0.429. The molecule has 2 N–H and O–H groups in total. The van der Waals surface area contributed by atoms with Gasteiger partial charge in [-0.15, -0.1) is 0 Å². The van der Waals surface area contributed by atoms with E-state index in [1.54, 1.807) is 12.1 Å². The van der Waals surface area contributed by atoms with E-state index in [-0.39, 0.29) is 33.5 Å². The molecule has 2 aliphatic rings. The predicted octanol–water partition coefficient (Wildman–Crippen LogP) is 4.78. The average molecular weight is 448 g/mol. The molecule has 2 aromatic heterocycles. The average Bonchev–Trinajstić information content (AvgIpc) is 3.27. The van der Waals surface area contributed by atoms with Gasteiger partial charge in [-0.3, -0.25) is 4.79 Å². The zero-order chi connectivity index (χ0) is 21.1. The highest BCUT2D eigenvalue weighted by atomic mass is 35.5. The van der Waals surface area contributed by atoms with Crippen LogP contribution in [0.4, 0.5) is 0 Å². The third kappa shape index (κ3) is 3.63. The summed E-state index contributed by atoms with van der Waals surface area (Å²) in [7, 11) is -2.94. The van der Waals surface area contributed by atoms with Crippen LogP contribution in [0.2, 0.25) is 5.02 Å². The summed E-state index contributed by atoms with van der Waals surface area (Å²) in [5.41, 5.74) is 1.45. The number of furan rings is 1. The Morgan fingerprint density at radius 2 is 2.07 bits per heavy atom. The first kappa shape index (κ1) is 19.6. The van der Waals surface area contributed by atoms with Gasteiger partial charge in [0, 0.05) is 17.5 Å². The zero-order valence-corrected chi connectivity index (χ0v) is 18.0. The van der Waals surface area contributed by atoms with Crippen molar-refractivity contribution in [2.75, 3.05) is 0 Å². The number of fused-ring (bicyclic) bond motifs is 1.